The zero-order valence-electron chi connectivity index (χ0n) is 12.9. The first-order chi connectivity index (χ1) is 11.6. The molecule has 5 nitrogen and oxygen atoms in total. The molecule has 0 saturated heterocycles. The van der Waals surface area contributed by atoms with E-state index in [0.717, 1.165) is 16.5 Å². The molecule has 1 heterocycles. The van der Waals surface area contributed by atoms with E-state index in [1.165, 1.54) is 0 Å². The Morgan fingerprint density at radius 2 is 1.75 bits per heavy atom. The van der Waals surface area contributed by atoms with Crippen LogP contribution in [-0.4, -0.2) is 21.0 Å². The summed E-state index contributed by atoms with van der Waals surface area (Å²) in [5.41, 5.74) is 2.27. The highest BCUT2D eigenvalue weighted by atomic mass is 31.1. The predicted octanol–water partition coefficient (Wildman–Crippen LogP) is 3.55. The number of nitrogens with one attached hydrogen (secondary N) is 1. The van der Waals surface area contributed by atoms with Crippen molar-refractivity contribution in [3.8, 4) is 0 Å². The van der Waals surface area contributed by atoms with Crippen molar-refractivity contribution in [2.45, 2.75) is 18.0 Å². The quantitative estimate of drug-likeness (QED) is 0.597. The van der Waals surface area contributed by atoms with Gasteiger partial charge in [-0.15, -0.1) is 0 Å². The first kappa shape index (κ1) is 16.5. The highest BCUT2D eigenvalue weighted by Gasteiger charge is 2.45. The highest BCUT2D eigenvalue weighted by molar-refractivity contribution is 7.41. The van der Waals surface area contributed by atoms with Gasteiger partial charge in [-0.3, -0.25) is 9.36 Å². The standard InChI is InChI=1S/C18H18NO4P/c20-17(21)18(24(22)23,14-6-2-1-3-7-14)11-10-13-12-19-16-9-5-4-8-15(13)16/h1-9,12,19,24H,10-11H2,(H,20,21)(H,22,23). The van der Waals surface area contributed by atoms with E-state index in [1.807, 2.05) is 30.5 Å². The lowest BCUT2D eigenvalue weighted by molar-refractivity contribution is -0.140. The van der Waals surface area contributed by atoms with Gasteiger partial charge in [0.2, 0.25) is 8.03 Å². The summed E-state index contributed by atoms with van der Waals surface area (Å²) in [6.45, 7) is 0. The number of aryl methyl sites for hydroxylation is 1. The second kappa shape index (κ2) is 6.63. The lowest BCUT2D eigenvalue weighted by Gasteiger charge is -2.27. The number of hydrogen-bond acceptors (Lipinski definition) is 2. The smallest absolute Gasteiger partial charge is 0.323 e. The molecule has 0 fully saturated rings. The molecular formula is C18H18NO4P. The zero-order valence-corrected chi connectivity index (χ0v) is 13.9. The summed E-state index contributed by atoms with van der Waals surface area (Å²) in [4.78, 5) is 25.0. The number of carboxylic acid groups (broad SMARTS) is 1. The fourth-order valence-corrected chi connectivity index (χ4v) is 4.02. The molecule has 3 aromatic rings. The van der Waals surface area contributed by atoms with Crippen LogP contribution >= 0.6 is 8.03 Å². The first-order valence-corrected chi connectivity index (χ1v) is 8.98. The third kappa shape index (κ3) is 2.77. The summed E-state index contributed by atoms with van der Waals surface area (Å²) in [5.74, 6) is -1.26. The van der Waals surface area contributed by atoms with E-state index in [-0.39, 0.29) is 6.42 Å². The van der Waals surface area contributed by atoms with Gasteiger partial charge in [-0.05, 0) is 30.0 Å². The van der Waals surface area contributed by atoms with Crippen LogP contribution in [0.5, 0.6) is 0 Å². The van der Waals surface area contributed by atoms with Crippen molar-refractivity contribution in [3.05, 3.63) is 71.9 Å². The molecular weight excluding hydrogens is 325 g/mol. The summed E-state index contributed by atoms with van der Waals surface area (Å²) < 4.78 is 12.1. The van der Waals surface area contributed by atoms with Gasteiger partial charge < -0.3 is 15.0 Å². The molecule has 2 unspecified atom stereocenters. The van der Waals surface area contributed by atoms with E-state index in [2.05, 4.69) is 4.98 Å². The summed E-state index contributed by atoms with van der Waals surface area (Å²) >= 11 is 0. The molecule has 1 aromatic heterocycles. The van der Waals surface area contributed by atoms with Crippen molar-refractivity contribution in [1.82, 2.24) is 4.98 Å². The monoisotopic (exact) mass is 343 g/mol. The maximum Gasteiger partial charge on any atom is 0.323 e. The number of aromatic nitrogens is 1. The largest absolute Gasteiger partial charge is 0.480 e. The Hall–Kier alpha value is -2.36. The van der Waals surface area contributed by atoms with Crippen molar-refractivity contribution < 1.29 is 19.4 Å². The van der Waals surface area contributed by atoms with Gasteiger partial charge in [0, 0.05) is 17.1 Å². The van der Waals surface area contributed by atoms with Crippen molar-refractivity contribution in [1.29, 1.82) is 0 Å². The first-order valence-electron chi connectivity index (χ1n) is 7.63. The number of carbonyl (C=O) groups is 1. The Morgan fingerprint density at radius 3 is 2.42 bits per heavy atom. The number of aromatic amines is 1. The van der Waals surface area contributed by atoms with E-state index in [1.54, 1.807) is 30.3 Å². The highest BCUT2D eigenvalue weighted by Crippen LogP contribution is 2.48. The number of hydrogen-bond donors (Lipinski definition) is 3. The topological polar surface area (TPSA) is 90.4 Å². The van der Waals surface area contributed by atoms with E-state index in [0.29, 0.717) is 12.0 Å². The molecule has 0 aliphatic carbocycles. The zero-order chi connectivity index (χ0) is 17.2. The van der Waals surface area contributed by atoms with Crippen molar-refractivity contribution in [2.75, 3.05) is 0 Å². The summed E-state index contributed by atoms with van der Waals surface area (Å²) in [5, 5.41) is 8.98. The Balaban J connectivity index is 1.99. The fourth-order valence-electron chi connectivity index (χ4n) is 3.08. The van der Waals surface area contributed by atoms with Crippen LogP contribution in [0.2, 0.25) is 0 Å². The van der Waals surface area contributed by atoms with Crippen LogP contribution in [0, 0.1) is 0 Å². The Labute approximate surface area is 139 Å². The van der Waals surface area contributed by atoms with Gasteiger partial charge in [0.1, 0.15) is 0 Å². The van der Waals surface area contributed by atoms with Crippen LogP contribution in [0.25, 0.3) is 10.9 Å². The second-order valence-electron chi connectivity index (χ2n) is 5.74. The number of para-hydroxylation sites is 1. The number of H-pyrrole nitrogens is 1. The molecule has 0 aliphatic heterocycles. The van der Waals surface area contributed by atoms with Crippen LogP contribution in [0.3, 0.4) is 0 Å². The minimum Gasteiger partial charge on any atom is -0.480 e. The molecule has 6 heteroatoms. The van der Waals surface area contributed by atoms with Gasteiger partial charge in [0.05, 0.1) is 0 Å². The molecule has 0 aliphatic rings. The normalized spacial score (nSPS) is 15.0. The van der Waals surface area contributed by atoms with Gasteiger partial charge >= 0.3 is 5.97 Å². The molecule has 0 saturated carbocycles. The molecule has 0 amide bonds. The van der Waals surface area contributed by atoms with E-state index < -0.39 is 19.2 Å². The molecule has 24 heavy (non-hydrogen) atoms. The Bertz CT molecular complexity index is 874. The SMILES string of the molecule is O=C(O)C(CCc1c[nH]c2ccccc12)(c1ccccc1)[PH](=O)O. The van der Waals surface area contributed by atoms with Crippen LogP contribution in [0.15, 0.2) is 60.8 Å². The number of rotatable bonds is 6. The van der Waals surface area contributed by atoms with E-state index in [4.69, 9.17) is 0 Å². The maximum atomic E-state index is 12.1. The molecule has 0 radical (unpaired) electrons. The van der Waals surface area contributed by atoms with Gasteiger partial charge in [-0.25, -0.2) is 0 Å². The molecule has 3 rings (SSSR count). The van der Waals surface area contributed by atoms with Gasteiger partial charge in [0.25, 0.3) is 0 Å². The molecule has 2 aromatic carbocycles. The molecule has 0 spiro atoms. The minimum atomic E-state index is -3.35. The van der Waals surface area contributed by atoms with E-state index >= 15 is 0 Å². The number of fused-ring (bicyclic) bond motifs is 1. The summed E-state index contributed by atoms with van der Waals surface area (Å²) in [7, 11) is -3.35. The van der Waals surface area contributed by atoms with Gasteiger partial charge in [-0.2, -0.15) is 0 Å². The maximum absolute atomic E-state index is 12.1. The third-order valence-corrected chi connectivity index (χ3v) is 5.92. The lowest BCUT2D eigenvalue weighted by Crippen LogP contribution is -2.33. The average Bonchev–Trinajstić information content (AvgIpc) is 2.99. The summed E-state index contributed by atoms with van der Waals surface area (Å²) in [6.07, 6.45) is 2.28. The number of benzene rings is 2. The Morgan fingerprint density at radius 1 is 1.08 bits per heavy atom. The van der Waals surface area contributed by atoms with Crippen molar-refractivity contribution in [3.63, 3.8) is 0 Å². The second-order valence-corrected chi connectivity index (χ2v) is 7.21. The fraction of sp³-hybridized carbons (Fsp3) is 0.167. The molecule has 124 valence electrons. The molecule has 0 bridgehead atoms. The third-order valence-electron chi connectivity index (χ3n) is 4.44. The van der Waals surface area contributed by atoms with Gasteiger partial charge in [-0.1, -0.05) is 48.5 Å². The van der Waals surface area contributed by atoms with Crippen molar-refractivity contribution >= 4 is 24.9 Å². The van der Waals surface area contributed by atoms with Crippen LogP contribution < -0.4 is 0 Å². The van der Waals surface area contributed by atoms with Crippen LogP contribution in [0.4, 0.5) is 0 Å². The number of carboxylic acids is 1. The molecule has 3 N–H and O–H groups in total. The Kier molecular flexibility index (Phi) is 4.56. The number of aliphatic carboxylic acids is 1. The van der Waals surface area contributed by atoms with Gasteiger partial charge in [0.15, 0.2) is 5.16 Å². The average molecular weight is 343 g/mol. The van der Waals surface area contributed by atoms with Crippen LogP contribution in [-0.2, 0) is 20.9 Å². The minimum absolute atomic E-state index is 0.0580. The van der Waals surface area contributed by atoms with E-state index in [9.17, 15) is 19.4 Å². The summed E-state index contributed by atoms with van der Waals surface area (Å²) in [6, 6.07) is 16.0. The van der Waals surface area contributed by atoms with Crippen LogP contribution in [0.1, 0.15) is 17.5 Å². The van der Waals surface area contributed by atoms with Crippen molar-refractivity contribution in [2.24, 2.45) is 0 Å². The predicted molar refractivity (Wildman–Crippen MR) is 93.6 cm³/mol. The molecule has 2 atom stereocenters. The lowest BCUT2D eigenvalue weighted by atomic mass is 9.91.